The van der Waals surface area contributed by atoms with Crippen LogP contribution in [0.2, 0.25) is 0 Å². The molecule has 2 aromatic carbocycles. The van der Waals surface area contributed by atoms with Crippen molar-refractivity contribution in [1.29, 1.82) is 0 Å². The van der Waals surface area contributed by atoms with Gasteiger partial charge in [0.05, 0.1) is 12.2 Å². The zero-order valence-corrected chi connectivity index (χ0v) is 17.2. The molecule has 2 aromatic rings. The minimum Gasteiger partial charge on any atom is -0.462 e. The molecule has 6 nitrogen and oxygen atoms in total. The van der Waals surface area contributed by atoms with E-state index in [0.29, 0.717) is 17.5 Å². The fraction of sp³-hybridized carbons (Fsp3) is 0.273. The van der Waals surface area contributed by atoms with Gasteiger partial charge >= 0.3 is 5.97 Å². The molecular formula is C22H25ClO6. The summed E-state index contributed by atoms with van der Waals surface area (Å²) in [7, 11) is 0. The fourth-order valence-electron chi connectivity index (χ4n) is 1.67. The second-order valence-corrected chi connectivity index (χ2v) is 6.11. The topological polar surface area (TPSA) is 97.7 Å². The smallest absolute Gasteiger partial charge is 0.338 e. The van der Waals surface area contributed by atoms with Crippen LogP contribution in [0.4, 0.5) is 0 Å². The van der Waals surface area contributed by atoms with Crippen LogP contribution in [0, 0.1) is 0 Å². The molecule has 0 spiro atoms. The van der Waals surface area contributed by atoms with Gasteiger partial charge in [0.25, 0.3) is 5.24 Å². The van der Waals surface area contributed by atoms with Crippen molar-refractivity contribution in [2.24, 2.45) is 0 Å². The molecule has 7 heteroatoms. The van der Waals surface area contributed by atoms with Gasteiger partial charge in [0.1, 0.15) is 11.6 Å². The minimum atomic E-state index is -0.407. The average Bonchev–Trinajstić information content (AvgIpc) is 2.70. The van der Waals surface area contributed by atoms with Crippen molar-refractivity contribution >= 4 is 34.4 Å². The Balaban J connectivity index is 0.000000448. The van der Waals surface area contributed by atoms with E-state index in [1.165, 1.54) is 13.8 Å². The Morgan fingerprint density at radius 3 is 1.55 bits per heavy atom. The number of ketones is 2. The Morgan fingerprint density at radius 2 is 1.24 bits per heavy atom. The summed E-state index contributed by atoms with van der Waals surface area (Å²) >= 11 is 5.16. The predicted molar refractivity (Wildman–Crippen MR) is 111 cm³/mol. The van der Waals surface area contributed by atoms with Crippen molar-refractivity contribution in [3.63, 3.8) is 0 Å². The van der Waals surface area contributed by atoms with Crippen molar-refractivity contribution in [2.45, 2.75) is 26.7 Å². The number of hydrogen-bond acceptors (Lipinski definition) is 6. The van der Waals surface area contributed by atoms with Crippen LogP contribution in [0.3, 0.4) is 0 Å². The van der Waals surface area contributed by atoms with Gasteiger partial charge < -0.3 is 9.84 Å². The molecule has 0 fully saturated rings. The molecule has 2 rings (SSSR count). The molecular weight excluding hydrogens is 396 g/mol. The largest absolute Gasteiger partial charge is 0.462 e. The molecule has 0 amide bonds. The Bertz CT molecular complexity index is 759. The lowest BCUT2D eigenvalue weighted by atomic mass is 10.2. The van der Waals surface area contributed by atoms with Gasteiger partial charge in [-0.25, -0.2) is 4.79 Å². The van der Waals surface area contributed by atoms with E-state index in [0.717, 1.165) is 0 Å². The van der Waals surface area contributed by atoms with E-state index in [1.807, 2.05) is 12.1 Å². The van der Waals surface area contributed by atoms with E-state index in [2.05, 4.69) is 0 Å². The van der Waals surface area contributed by atoms with Gasteiger partial charge in [0.2, 0.25) is 0 Å². The third-order valence-electron chi connectivity index (χ3n) is 3.16. The van der Waals surface area contributed by atoms with Gasteiger partial charge in [-0.05, 0) is 37.6 Å². The van der Waals surface area contributed by atoms with Crippen molar-refractivity contribution < 1.29 is 29.0 Å². The second-order valence-electron chi connectivity index (χ2n) is 5.77. The molecule has 0 aromatic heterocycles. The number of halogens is 1. The maximum Gasteiger partial charge on any atom is 0.338 e. The molecule has 0 atom stereocenters. The summed E-state index contributed by atoms with van der Waals surface area (Å²) in [6, 6.07) is 17.4. The summed E-state index contributed by atoms with van der Waals surface area (Å²) in [5, 5.41) is 7.61. The third kappa shape index (κ3) is 14.8. The molecule has 0 radical (unpaired) electrons. The first-order valence-corrected chi connectivity index (χ1v) is 9.22. The summed E-state index contributed by atoms with van der Waals surface area (Å²) in [6.45, 7) is 3.06. The molecule has 0 saturated carbocycles. The highest BCUT2D eigenvalue weighted by molar-refractivity contribution is 6.67. The van der Waals surface area contributed by atoms with Crippen LogP contribution in [-0.4, -0.2) is 41.1 Å². The number of carbonyl (C=O) groups excluding carboxylic acids is 4. The molecule has 0 aliphatic rings. The highest BCUT2D eigenvalue weighted by Gasteiger charge is 2.05. The van der Waals surface area contributed by atoms with Gasteiger partial charge in [-0.2, -0.15) is 0 Å². The number of rotatable bonds is 7. The number of Topliss-reactive ketones (excluding diaryl/α,β-unsaturated/α-hetero) is 2. The standard InChI is InChI=1S/C11H12O3.C7H5ClO.C4H8O2/c1-9(12)7-8-14-11(13)10-5-3-2-4-6-10;8-7(9)6-4-2-1-3-5-6;1-4(6)2-3-5/h2-6H,7-8H2,1H3;1-5H;5H,2-3H2,1H3. The average molecular weight is 421 g/mol. The van der Waals surface area contributed by atoms with Crippen molar-refractivity contribution in [1.82, 2.24) is 0 Å². The van der Waals surface area contributed by atoms with Crippen molar-refractivity contribution in [3.05, 3.63) is 71.8 Å². The summed E-state index contributed by atoms with van der Waals surface area (Å²) in [4.78, 5) is 42.2. The van der Waals surface area contributed by atoms with E-state index in [1.54, 1.807) is 48.5 Å². The molecule has 0 saturated heterocycles. The van der Waals surface area contributed by atoms with Gasteiger partial charge in [-0.1, -0.05) is 48.5 Å². The van der Waals surface area contributed by atoms with Crippen LogP contribution in [-0.2, 0) is 14.3 Å². The molecule has 0 aliphatic heterocycles. The first kappa shape index (κ1) is 26.2. The molecule has 29 heavy (non-hydrogen) atoms. The Labute approximate surface area is 175 Å². The summed E-state index contributed by atoms with van der Waals surface area (Å²) in [5.41, 5.74) is 1.05. The zero-order valence-electron chi connectivity index (χ0n) is 16.5. The normalized spacial score (nSPS) is 9.10. The Hall–Kier alpha value is -2.83. The number of hydrogen-bond donors (Lipinski definition) is 1. The van der Waals surface area contributed by atoms with Crippen LogP contribution >= 0.6 is 11.6 Å². The molecule has 0 bridgehead atoms. The second kappa shape index (κ2) is 16.2. The van der Waals surface area contributed by atoms with Crippen molar-refractivity contribution in [2.75, 3.05) is 13.2 Å². The Morgan fingerprint density at radius 1 is 0.793 bits per heavy atom. The maximum atomic E-state index is 11.3. The lowest BCUT2D eigenvalue weighted by Crippen LogP contribution is -2.08. The van der Waals surface area contributed by atoms with Crippen LogP contribution in [0.15, 0.2) is 60.7 Å². The maximum absolute atomic E-state index is 11.3. The molecule has 0 aliphatic carbocycles. The van der Waals surface area contributed by atoms with E-state index in [4.69, 9.17) is 21.4 Å². The van der Waals surface area contributed by atoms with Gasteiger partial charge in [0.15, 0.2) is 0 Å². The van der Waals surface area contributed by atoms with Crippen LogP contribution in [0.5, 0.6) is 0 Å². The summed E-state index contributed by atoms with van der Waals surface area (Å²) in [5.74, 6) is -0.324. The number of aliphatic hydroxyl groups excluding tert-OH is 1. The third-order valence-corrected chi connectivity index (χ3v) is 3.38. The van der Waals surface area contributed by atoms with Gasteiger partial charge in [-0.15, -0.1) is 0 Å². The fourth-order valence-corrected chi connectivity index (χ4v) is 1.80. The van der Waals surface area contributed by atoms with E-state index >= 15 is 0 Å². The first-order valence-electron chi connectivity index (χ1n) is 8.84. The van der Waals surface area contributed by atoms with Crippen LogP contribution in [0.1, 0.15) is 47.4 Å². The SMILES string of the molecule is CC(=O)CCO.CC(=O)CCOC(=O)c1ccccc1.O=C(Cl)c1ccccc1. The molecule has 0 unspecified atom stereocenters. The van der Waals surface area contributed by atoms with Crippen LogP contribution in [0.25, 0.3) is 0 Å². The van der Waals surface area contributed by atoms with E-state index in [9.17, 15) is 19.2 Å². The highest BCUT2D eigenvalue weighted by Crippen LogP contribution is 2.02. The molecule has 1 N–H and O–H groups in total. The van der Waals surface area contributed by atoms with Gasteiger partial charge in [-0.3, -0.25) is 14.4 Å². The summed E-state index contributed by atoms with van der Waals surface area (Å²) in [6.07, 6.45) is 0.568. The number of esters is 1. The van der Waals surface area contributed by atoms with Crippen LogP contribution < -0.4 is 0 Å². The van der Waals surface area contributed by atoms with E-state index < -0.39 is 5.24 Å². The minimum absolute atomic E-state index is 0.0185. The lowest BCUT2D eigenvalue weighted by molar-refractivity contribution is -0.118. The zero-order chi connectivity index (χ0) is 22.1. The van der Waals surface area contributed by atoms with Crippen molar-refractivity contribution in [3.8, 4) is 0 Å². The molecule has 0 heterocycles. The Kier molecular flexibility index (Phi) is 14.6. The highest BCUT2D eigenvalue weighted by atomic mass is 35.5. The number of benzene rings is 2. The lowest BCUT2D eigenvalue weighted by Gasteiger charge is -2.02. The first-order chi connectivity index (χ1) is 13.8. The summed E-state index contributed by atoms with van der Waals surface area (Å²) < 4.78 is 4.88. The number of aliphatic hydroxyl groups is 1. The van der Waals surface area contributed by atoms with Gasteiger partial charge in [0, 0.05) is 25.0 Å². The van der Waals surface area contributed by atoms with E-state index in [-0.39, 0.29) is 37.2 Å². The predicted octanol–water partition coefficient (Wildman–Crippen LogP) is 3.85. The monoisotopic (exact) mass is 420 g/mol. The quantitative estimate of drug-likeness (QED) is 0.539. The number of ether oxygens (including phenoxy) is 1. The molecule has 156 valence electrons. The number of carbonyl (C=O) groups is 4.